The molecule has 54 heavy (non-hydrogen) atoms. The van der Waals surface area contributed by atoms with Gasteiger partial charge in [-0.1, -0.05) is 31.2 Å². The first kappa shape index (κ1) is 48.0. The molecular formula is C35H60N6O13. The zero-order valence-electron chi connectivity index (χ0n) is 31.6. The Hall–Kier alpha value is -3.98. The second-order valence-electron chi connectivity index (χ2n) is 13.7. The number of likely N-dealkylation sites (N-methyl/N-ethyl adjacent to an activating group) is 1. The molecule has 0 aliphatic carbocycles. The fraction of sp³-hybridized carbons (Fsp3) is 0.714. The molecule has 1 aliphatic heterocycles. The van der Waals surface area contributed by atoms with Crippen molar-refractivity contribution in [2.24, 2.45) is 5.92 Å². The predicted molar refractivity (Wildman–Crippen MR) is 192 cm³/mol. The molecule has 308 valence electrons. The Bertz CT molecular complexity index is 1260. The molecule has 4 atom stereocenters. The van der Waals surface area contributed by atoms with Crippen molar-refractivity contribution >= 4 is 35.5 Å². The molecule has 1 saturated heterocycles. The molecule has 1 aliphatic rings. The molecule has 19 nitrogen and oxygen atoms in total. The zero-order valence-corrected chi connectivity index (χ0v) is 31.6. The molecule has 5 amide bonds. The molecule has 19 heteroatoms. The van der Waals surface area contributed by atoms with Gasteiger partial charge in [0.2, 0.25) is 29.5 Å². The van der Waals surface area contributed by atoms with Crippen LogP contribution in [0.1, 0.15) is 84.0 Å². The highest BCUT2D eigenvalue weighted by Gasteiger charge is 2.33. The standard InChI is InChI=1S/C35H60N6O13/c1-26(18-23-43)25-32(46)40(52)21-12-15-29(41(2,3)53)35(49)54-24-9-5-7-17-31(45)39(51)20-11-14-28-34(48)36-27(33(47)37-28)13-10-19-38(50)30(44)16-6-4-8-22-42/h4-7,26-29,42-43,50-52H,8-25H2,1-3H3,(H,36,48)(H,37,47)/b6-4+,7-5+. The summed E-state index contributed by atoms with van der Waals surface area (Å²) in [6.07, 6.45) is 8.14. The number of esters is 1. The van der Waals surface area contributed by atoms with Gasteiger partial charge in [-0.05, 0) is 57.3 Å². The largest absolute Gasteiger partial charge is 0.633 e. The summed E-state index contributed by atoms with van der Waals surface area (Å²) in [4.78, 5) is 74.0. The van der Waals surface area contributed by atoms with Crippen LogP contribution in [0.4, 0.5) is 0 Å². The van der Waals surface area contributed by atoms with Gasteiger partial charge in [0.05, 0.1) is 20.7 Å². The first-order valence-electron chi connectivity index (χ1n) is 18.3. The number of nitrogens with zero attached hydrogens (tertiary/aromatic N) is 4. The molecular weight excluding hydrogens is 712 g/mol. The topological polar surface area (TPSA) is 270 Å². The van der Waals surface area contributed by atoms with Gasteiger partial charge in [-0.25, -0.2) is 20.0 Å². The van der Waals surface area contributed by atoms with E-state index in [9.17, 15) is 49.6 Å². The maximum atomic E-state index is 12.6. The van der Waals surface area contributed by atoms with Crippen molar-refractivity contribution in [3.8, 4) is 0 Å². The molecule has 1 fully saturated rings. The molecule has 1 heterocycles. The highest BCUT2D eigenvalue weighted by molar-refractivity contribution is 5.96. The third-order valence-corrected chi connectivity index (χ3v) is 8.61. The van der Waals surface area contributed by atoms with Crippen LogP contribution in [-0.4, -0.2) is 153 Å². The number of aliphatic hydroxyl groups excluding tert-OH is 2. The highest BCUT2D eigenvalue weighted by Crippen LogP contribution is 2.15. The van der Waals surface area contributed by atoms with Crippen molar-refractivity contribution in [3.63, 3.8) is 0 Å². The number of carbonyl (C=O) groups excluding carboxylic acids is 6. The average Bonchev–Trinajstić information content (AvgIpc) is 3.10. The van der Waals surface area contributed by atoms with Crippen LogP contribution in [0.2, 0.25) is 0 Å². The van der Waals surface area contributed by atoms with E-state index < -0.39 is 58.3 Å². The van der Waals surface area contributed by atoms with E-state index in [4.69, 9.17) is 14.9 Å². The van der Waals surface area contributed by atoms with Gasteiger partial charge in [0.25, 0.3) is 0 Å². The maximum Gasteiger partial charge on any atom is 0.365 e. The number of hydrogen-bond acceptors (Lipinski definition) is 13. The molecule has 0 saturated carbocycles. The lowest BCUT2D eigenvalue weighted by molar-refractivity contribution is -0.858. The molecule has 0 aromatic heterocycles. The van der Waals surface area contributed by atoms with Gasteiger partial charge in [-0.2, -0.15) is 0 Å². The van der Waals surface area contributed by atoms with Crippen LogP contribution >= 0.6 is 0 Å². The summed E-state index contributed by atoms with van der Waals surface area (Å²) in [6.45, 7) is 1.38. The number of rotatable bonds is 27. The number of hydroxylamine groups is 9. The lowest BCUT2D eigenvalue weighted by Crippen LogP contribution is -2.61. The smallest absolute Gasteiger partial charge is 0.365 e. The van der Waals surface area contributed by atoms with E-state index in [-0.39, 0.29) is 110 Å². The number of piperazine rings is 1. The number of aliphatic hydroxyl groups is 2. The van der Waals surface area contributed by atoms with E-state index >= 15 is 0 Å². The SMILES string of the molecule is CC(CCO)CC(=O)N(O)CCCC(C(=O)OCC/C=C/CC(=O)N(O)CCCC1NC(=O)C(CCCN(O)C(=O)C/C=C/CCO)NC1=O)[N+](C)(C)[O-]. The van der Waals surface area contributed by atoms with Crippen molar-refractivity contribution in [1.82, 2.24) is 25.8 Å². The molecule has 0 spiro atoms. The van der Waals surface area contributed by atoms with Gasteiger partial charge in [0.15, 0.2) is 6.04 Å². The second-order valence-corrected chi connectivity index (χ2v) is 13.7. The molecule has 0 aromatic rings. The van der Waals surface area contributed by atoms with Gasteiger partial charge in [-0.3, -0.25) is 39.6 Å². The minimum atomic E-state index is -1.09. The number of nitrogens with one attached hydrogen (secondary N) is 2. The Labute approximate surface area is 316 Å². The summed E-state index contributed by atoms with van der Waals surface area (Å²) in [7, 11) is 2.58. The van der Waals surface area contributed by atoms with Crippen molar-refractivity contribution < 1.29 is 64.0 Å². The Morgan fingerprint density at radius 2 is 1.24 bits per heavy atom. The maximum absolute atomic E-state index is 12.6. The van der Waals surface area contributed by atoms with E-state index in [1.807, 2.05) is 0 Å². The molecule has 7 N–H and O–H groups in total. The van der Waals surface area contributed by atoms with E-state index in [1.165, 1.54) is 26.2 Å². The molecule has 4 unspecified atom stereocenters. The van der Waals surface area contributed by atoms with Crippen LogP contribution in [0.5, 0.6) is 0 Å². The van der Waals surface area contributed by atoms with E-state index in [2.05, 4.69) is 10.6 Å². The summed E-state index contributed by atoms with van der Waals surface area (Å²) in [5, 5.41) is 67.1. The molecule has 0 bridgehead atoms. The number of ether oxygens (including phenoxy) is 1. The van der Waals surface area contributed by atoms with Gasteiger partial charge in [-0.15, -0.1) is 0 Å². The summed E-state index contributed by atoms with van der Waals surface area (Å²) >= 11 is 0. The van der Waals surface area contributed by atoms with Crippen LogP contribution < -0.4 is 10.6 Å². The first-order chi connectivity index (χ1) is 25.5. The second kappa shape index (κ2) is 25.9. The summed E-state index contributed by atoms with van der Waals surface area (Å²) in [5.41, 5.74) is 0. The van der Waals surface area contributed by atoms with Crippen molar-refractivity contribution in [1.29, 1.82) is 0 Å². The minimum absolute atomic E-state index is 0.0361. The van der Waals surface area contributed by atoms with Gasteiger partial charge < -0.3 is 35.4 Å². The summed E-state index contributed by atoms with van der Waals surface area (Å²) < 4.78 is 4.28. The van der Waals surface area contributed by atoms with Crippen molar-refractivity contribution in [2.75, 3.05) is 53.6 Å². The van der Waals surface area contributed by atoms with Gasteiger partial charge >= 0.3 is 5.97 Å². The van der Waals surface area contributed by atoms with E-state index in [0.29, 0.717) is 28.0 Å². The van der Waals surface area contributed by atoms with E-state index in [0.717, 1.165) is 0 Å². The lowest BCUT2D eigenvalue weighted by Gasteiger charge is -2.40. The first-order valence-corrected chi connectivity index (χ1v) is 18.3. The molecule has 0 aromatic carbocycles. The number of carbonyl (C=O) groups is 6. The Balaban J connectivity index is 2.34. The van der Waals surface area contributed by atoms with Gasteiger partial charge in [0.1, 0.15) is 12.1 Å². The minimum Gasteiger partial charge on any atom is -0.633 e. The van der Waals surface area contributed by atoms with E-state index in [1.54, 1.807) is 19.1 Å². The predicted octanol–water partition coefficient (Wildman–Crippen LogP) is 0.523. The van der Waals surface area contributed by atoms with Gasteiger partial charge in [0, 0.05) is 58.5 Å². The molecule has 0 radical (unpaired) electrons. The van der Waals surface area contributed by atoms with Crippen LogP contribution in [0.3, 0.4) is 0 Å². The van der Waals surface area contributed by atoms with Crippen LogP contribution in [0.15, 0.2) is 24.3 Å². The number of amides is 5. The lowest BCUT2D eigenvalue weighted by atomic mass is 10.0. The Morgan fingerprint density at radius 3 is 1.72 bits per heavy atom. The zero-order chi connectivity index (χ0) is 40.7. The number of hydrogen-bond donors (Lipinski definition) is 7. The Morgan fingerprint density at radius 1 is 0.759 bits per heavy atom. The normalized spacial score (nSPS) is 17.2. The fourth-order valence-corrected chi connectivity index (χ4v) is 5.40. The molecule has 1 rings (SSSR count). The average molecular weight is 773 g/mol. The van der Waals surface area contributed by atoms with Crippen LogP contribution in [0.25, 0.3) is 0 Å². The number of quaternary nitrogens is 1. The third kappa shape index (κ3) is 19.4. The summed E-state index contributed by atoms with van der Waals surface area (Å²) in [6, 6.07) is -2.80. The Kier molecular flexibility index (Phi) is 23.1. The summed E-state index contributed by atoms with van der Waals surface area (Å²) in [5.74, 6) is -3.39. The fourth-order valence-electron chi connectivity index (χ4n) is 5.40. The van der Waals surface area contributed by atoms with Crippen molar-refractivity contribution in [3.05, 3.63) is 29.5 Å². The third-order valence-electron chi connectivity index (χ3n) is 8.61. The van der Waals surface area contributed by atoms with Crippen molar-refractivity contribution in [2.45, 2.75) is 102 Å². The monoisotopic (exact) mass is 772 g/mol. The quantitative estimate of drug-likeness (QED) is 0.0150. The van der Waals surface area contributed by atoms with Crippen LogP contribution in [0, 0.1) is 11.1 Å². The highest BCUT2D eigenvalue weighted by atomic mass is 16.6. The van der Waals surface area contributed by atoms with Crippen LogP contribution in [-0.2, 0) is 33.5 Å².